The van der Waals surface area contributed by atoms with E-state index in [0.717, 1.165) is 18.9 Å². The lowest BCUT2D eigenvalue weighted by molar-refractivity contribution is -0.00878. The Bertz CT molecular complexity index is 1310. The zero-order valence-electron chi connectivity index (χ0n) is 26.2. The minimum atomic E-state index is -1.55. The van der Waals surface area contributed by atoms with E-state index < -0.39 is 38.2 Å². The molecule has 0 amide bonds. The summed E-state index contributed by atoms with van der Waals surface area (Å²) in [7, 11) is -1.55. The maximum absolute atomic E-state index is 12.8. The third-order valence-electron chi connectivity index (χ3n) is 7.91. The standard InChI is InChI=1S/C31H45N4O6P/c1-21(2)35(22(3)4)42(39-15-9-13-32)41-28-18-29(40-23(28)5)34-19-26(30(36)33-31(34)37)10-7-6-8-14-38-20-27-17-24-11-12-25(27)16-24/h11-12,19,21-25,27-29H,6,8-9,14-18,20H2,1-5H3,(H,33,36,37)/t23-,24?,25?,27?,28-,29-,42?/m1/s1/i5D. The highest BCUT2D eigenvalue weighted by atomic mass is 31.2. The van der Waals surface area contributed by atoms with E-state index in [1.165, 1.54) is 23.6 Å². The molecule has 4 unspecified atom stereocenters. The molecule has 1 saturated carbocycles. The van der Waals surface area contributed by atoms with Gasteiger partial charge in [-0.1, -0.05) is 24.0 Å². The predicted molar refractivity (Wildman–Crippen MR) is 161 cm³/mol. The first kappa shape index (κ1) is 31.1. The average Bonchev–Trinajstić information content (AvgIpc) is 3.69. The van der Waals surface area contributed by atoms with Gasteiger partial charge in [-0.05, 0) is 71.6 Å². The van der Waals surface area contributed by atoms with Gasteiger partial charge in [-0.25, -0.2) is 9.46 Å². The molecule has 2 heterocycles. The molecule has 42 heavy (non-hydrogen) atoms. The van der Waals surface area contributed by atoms with Gasteiger partial charge in [0.2, 0.25) is 0 Å². The lowest BCUT2D eigenvalue weighted by atomic mass is 9.95. The van der Waals surface area contributed by atoms with E-state index in [9.17, 15) is 9.59 Å². The van der Waals surface area contributed by atoms with E-state index in [2.05, 4.69) is 67.4 Å². The monoisotopic (exact) mass is 601 g/mol. The van der Waals surface area contributed by atoms with Crippen molar-refractivity contribution in [3.63, 3.8) is 0 Å². The van der Waals surface area contributed by atoms with Gasteiger partial charge in [-0.3, -0.25) is 14.3 Å². The maximum atomic E-state index is 12.8. The van der Waals surface area contributed by atoms with Crippen LogP contribution in [0.3, 0.4) is 0 Å². The van der Waals surface area contributed by atoms with Crippen molar-refractivity contribution in [1.29, 1.82) is 5.26 Å². The minimum absolute atomic E-state index is 0.0720. The number of unbranched alkanes of at least 4 members (excludes halogenated alkanes) is 1. The van der Waals surface area contributed by atoms with Gasteiger partial charge >= 0.3 is 5.69 Å². The van der Waals surface area contributed by atoms with E-state index in [1.807, 2.05) is 0 Å². The molecule has 4 rings (SSSR count). The molecule has 2 fully saturated rings. The van der Waals surface area contributed by atoms with Crippen LogP contribution in [-0.4, -0.2) is 58.3 Å². The zero-order chi connectivity index (χ0) is 30.9. The number of nitrogens with zero attached hydrogens (tertiary/aromatic N) is 3. The zero-order valence-corrected chi connectivity index (χ0v) is 26.1. The van der Waals surface area contributed by atoms with Crippen LogP contribution in [0.15, 0.2) is 27.9 Å². The topological polar surface area (TPSA) is 119 Å². The number of nitrogens with one attached hydrogen (secondary N) is 1. The van der Waals surface area contributed by atoms with Crippen molar-refractivity contribution in [1.82, 2.24) is 14.2 Å². The first-order valence-corrected chi connectivity index (χ1v) is 16.1. The summed E-state index contributed by atoms with van der Waals surface area (Å²) in [6.07, 6.45) is 8.62. The number of rotatable bonds is 14. The Kier molecular flexibility index (Phi) is 11.4. The smallest absolute Gasteiger partial charge is 0.330 e. The van der Waals surface area contributed by atoms with Crippen LogP contribution in [0.25, 0.3) is 0 Å². The van der Waals surface area contributed by atoms with E-state index in [1.54, 1.807) is 0 Å². The summed E-state index contributed by atoms with van der Waals surface area (Å²) in [4.78, 5) is 27.6. The Morgan fingerprint density at radius 2 is 2.00 bits per heavy atom. The molecule has 11 heteroatoms. The van der Waals surface area contributed by atoms with Gasteiger partial charge in [-0.15, -0.1) is 0 Å². The van der Waals surface area contributed by atoms with Gasteiger partial charge < -0.3 is 18.5 Å². The van der Waals surface area contributed by atoms with Crippen LogP contribution in [0.5, 0.6) is 0 Å². The molecular weight excluding hydrogens is 555 g/mol. The number of ether oxygens (including phenoxy) is 2. The lowest BCUT2D eigenvalue weighted by Crippen LogP contribution is -2.35. The number of aromatic amines is 1. The Morgan fingerprint density at radius 3 is 2.67 bits per heavy atom. The van der Waals surface area contributed by atoms with Gasteiger partial charge in [-0.2, -0.15) is 5.26 Å². The van der Waals surface area contributed by atoms with Gasteiger partial charge in [0.15, 0.2) is 0 Å². The molecular formula is C31H45N4O6P. The highest BCUT2D eigenvalue weighted by Gasteiger charge is 2.39. The summed E-state index contributed by atoms with van der Waals surface area (Å²) in [6, 6.07) is 2.33. The Hall–Kier alpha value is -2.30. The second-order valence-corrected chi connectivity index (χ2v) is 13.2. The normalized spacial score (nSPS) is 27.4. The largest absolute Gasteiger partial charge is 0.381 e. The van der Waals surface area contributed by atoms with Gasteiger partial charge in [0.25, 0.3) is 14.1 Å². The molecule has 1 aromatic heterocycles. The molecule has 1 aliphatic heterocycles. The molecule has 0 radical (unpaired) electrons. The molecule has 1 saturated heterocycles. The van der Waals surface area contributed by atoms with Crippen LogP contribution in [0.2, 0.25) is 0 Å². The predicted octanol–water partition coefficient (Wildman–Crippen LogP) is 4.87. The fourth-order valence-corrected chi connectivity index (χ4v) is 7.68. The summed E-state index contributed by atoms with van der Waals surface area (Å²) in [5.41, 5.74) is -0.971. The fraction of sp³-hybridized carbons (Fsp3) is 0.710. The van der Waals surface area contributed by atoms with Crippen LogP contribution >= 0.6 is 8.53 Å². The van der Waals surface area contributed by atoms with Crippen LogP contribution in [0.4, 0.5) is 0 Å². The van der Waals surface area contributed by atoms with Crippen molar-refractivity contribution < 1.29 is 19.9 Å². The van der Waals surface area contributed by atoms with Crippen molar-refractivity contribution in [2.24, 2.45) is 17.8 Å². The molecule has 0 spiro atoms. The third kappa shape index (κ3) is 8.41. The fourth-order valence-electron chi connectivity index (χ4n) is 5.93. The molecule has 1 aromatic rings. The van der Waals surface area contributed by atoms with E-state index in [4.69, 9.17) is 25.2 Å². The van der Waals surface area contributed by atoms with Crippen molar-refractivity contribution in [2.45, 2.75) is 104 Å². The molecule has 10 nitrogen and oxygen atoms in total. The Balaban J connectivity index is 1.36. The summed E-state index contributed by atoms with van der Waals surface area (Å²) < 4.78 is 35.9. The second kappa shape index (κ2) is 15.4. The van der Waals surface area contributed by atoms with E-state index in [-0.39, 0.29) is 37.6 Å². The van der Waals surface area contributed by atoms with Crippen LogP contribution < -0.4 is 11.2 Å². The number of aromatic nitrogens is 2. The highest BCUT2D eigenvalue weighted by molar-refractivity contribution is 7.44. The summed E-state index contributed by atoms with van der Waals surface area (Å²) >= 11 is 0. The number of nitriles is 1. The molecule has 3 aliphatic rings. The van der Waals surface area contributed by atoms with E-state index >= 15 is 0 Å². The number of hydrogen-bond donors (Lipinski definition) is 1. The molecule has 2 bridgehead atoms. The van der Waals surface area contributed by atoms with Gasteiger partial charge in [0.05, 0.1) is 31.3 Å². The second-order valence-electron chi connectivity index (χ2n) is 11.8. The SMILES string of the molecule is [2H]C[C@H]1O[C@@H](n2cc(C#CCCCOCC3CC4C=CC3C4)c(=O)[nH]c2=O)C[C@H]1OP(OCCC#N)N(C(C)C)C(C)C. The Morgan fingerprint density at radius 1 is 1.19 bits per heavy atom. The van der Waals surface area contributed by atoms with Crippen LogP contribution in [0, 0.1) is 40.9 Å². The van der Waals surface area contributed by atoms with E-state index in [0.29, 0.717) is 31.3 Å². The minimum Gasteiger partial charge on any atom is -0.381 e. The Labute approximate surface area is 251 Å². The number of hydrogen-bond acceptors (Lipinski definition) is 8. The maximum Gasteiger partial charge on any atom is 0.330 e. The number of allylic oxidation sites excluding steroid dienone is 2. The summed E-state index contributed by atoms with van der Waals surface area (Å²) in [5, 5.41) is 8.99. The van der Waals surface area contributed by atoms with Crippen LogP contribution in [-0.2, 0) is 18.5 Å². The van der Waals surface area contributed by atoms with Crippen LogP contribution in [0.1, 0.15) is 86.3 Å². The quantitative estimate of drug-likeness (QED) is 0.139. The first-order chi connectivity index (χ1) is 20.7. The van der Waals surface area contributed by atoms with Crippen molar-refractivity contribution in [3.05, 3.63) is 44.8 Å². The average molecular weight is 602 g/mol. The molecule has 2 aliphatic carbocycles. The first-order valence-electron chi connectivity index (χ1n) is 15.7. The molecule has 0 aromatic carbocycles. The number of H-pyrrole nitrogens is 1. The lowest BCUT2D eigenvalue weighted by Gasteiger charge is -2.37. The van der Waals surface area contributed by atoms with Crippen molar-refractivity contribution in [3.8, 4) is 17.9 Å². The molecule has 7 atom stereocenters. The summed E-state index contributed by atoms with van der Waals surface area (Å²) in [6.45, 7) is 9.77. The van der Waals surface area contributed by atoms with Crippen molar-refractivity contribution in [2.75, 3.05) is 19.8 Å². The van der Waals surface area contributed by atoms with Gasteiger partial charge in [0.1, 0.15) is 11.8 Å². The number of fused-ring (bicyclic) bond motifs is 2. The van der Waals surface area contributed by atoms with Crippen molar-refractivity contribution >= 4 is 8.53 Å². The third-order valence-corrected chi connectivity index (χ3v) is 10.1. The molecule has 230 valence electrons. The van der Waals surface area contributed by atoms with Gasteiger partial charge in [0, 0.05) is 45.7 Å². The summed E-state index contributed by atoms with van der Waals surface area (Å²) in [5.74, 6) is 7.98. The highest BCUT2D eigenvalue weighted by Crippen LogP contribution is 2.49. The molecule has 1 N–H and O–H groups in total.